The monoisotopic (exact) mass is 326 g/mol. The second-order valence-electron chi connectivity index (χ2n) is 4.11. The van der Waals surface area contributed by atoms with E-state index in [4.69, 9.17) is 27.9 Å². The lowest BCUT2D eigenvalue weighted by atomic mass is 10.2. The lowest BCUT2D eigenvalue weighted by Crippen LogP contribution is -1.98. The van der Waals surface area contributed by atoms with Gasteiger partial charge in [-0.2, -0.15) is 0 Å². The molecule has 0 saturated heterocycles. The Morgan fingerprint density at radius 1 is 1.10 bits per heavy atom. The van der Waals surface area contributed by atoms with Crippen molar-refractivity contribution >= 4 is 23.2 Å². The van der Waals surface area contributed by atoms with Gasteiger partial charge in [0, 0.05) is 6.07 Å². The van der Waals surface area contributed by atoms with Crippen LogP contribution < -0.4 is 4.74 Å². The Hall–Kier alpha value is -1.76. The lowest BCUT2D eigenvalue weighted by molar-refractivity contribution is 0.303. The van der Waals surface area contributed by atoms with Gasteiger partial charge in [-0.25, -0.2) is 8.78 Å². The first-order valence-corrected chi connectivity index (χ1v) is 6.92. The summed E-state index contributed by atoms with van der Waals surface area (Å²) < 4.78 is 31.9. The summed E-state index contributed by atoms with van der Waals surface area (Å²) in [5, 5.41) is 0.0116. The summed E-state index contributed by atoms with van der Waals surface area (Å²) in [7, 11) is 0. The van der Waals surface area contributed by atoms with Crippen molar-refractivity contribution in [2.75, 3.05) is 5.88 Å². The molecule has 5 heteroatoms. The highest BCUT2D eigenvalue weighted by molar-refractivity contribution is 6.30. The second-order valence-corrected chi connectivity index (χ2v) is 4.79. The SMILES string of the molecule is Fc1ccc(C#CCCl)c(OCc2ccc(F)c(Cl)c2)c1. The van der Waals surface area contributed by atoms with Crippen LogP contribution in [0.3, 0.4) is 0 Å². The molecule has 2 aromatic rings. The van der Waals surface area contributed by atoms with E-state index in [0.29, 0.717) is 16.9 Å². The van der Waals surface area contributed by atoms with Crippen molar-refractivity contribution in [1.82, 2.24) is 0 Å². The zero-order chi connectivity index (χ0) is 15.2. The predicted octanol–water partition coefficient (Wildman–Crippen LogP) is 4.79. The largest absolute Gasteiger partial charge is 0.487 e. The summed E-state index contributed by atoms with van der Waals surface area (Å²) in [6.45, 7) is 0.124. The van der Waals surface area contributed by atoms with Gasteiger partial charge < -0.3 is 4.74 Å². The van der Waals surface area contributed by atoms with Crippen LogP contribution in [0, 0.1) is 23.5 Å². The molecular formula is C16H10Cl2F2O. The van der Waals surface area contributed by atoms with Crippen molar-refractivity contribution < 1.29 is 13.5 Å². The van der Waals surface area contributed by atoms with Gasteiger partial charge in [0.15, 0.2) is 0 Å². The Kier molecular flexibility index (Phi) is 5.44. The molecule has 0 aromatic heterocycles. The van der Waals surface area contributed by atoms with Gasteiger partial charge in [-0.15, -0.1) is 11.6 Å². The van der Waals surface area contributed by atoms with Crippen molar-refractivity contribution in [2.45, 2.75) is 6.61 Å². The van der Waals surface area contributed by atoms with E-state index >= 15 is 0 Å². The maximum Gasteiger partial charge on any atom is 0.141 e. The van der Waals surface area contributed by atoms with E-state index in [0.717, 1.165) is 0 Å². The molecule has 0 aliphatic rings. The summed E-state index contributed by atoms with van der Waals surface area (Å²) in [5.41, 5.74) is 1.20. The van der Waals surface area contributed by atoms with Crippen molar-refractivity contribution in [3.05, 3.63) is 64.2 Å². The highest BCUT2D eigenvalue weighted by Crippen LogP contribution is 2.22. The average Bonchev–Trinajstić information content (AvgIpc) is 2.47. The Morgan fingerprint density at radius 2 is 1.90 bits per heavy atom. The van der Waals surface area contributed by atoms with Gasteiger partial charge in [0.1, 0.15) is 24.0 Å². The minimum atomic E-state index is -0.500. The van der Waals surface area contributed by atoms with Gasteiger partial charge in [-0.05, 0) is 29.8 Å². The molecule has 0 bridgehead atoms. The number of hydrogen-bond donors (Lipinski definition) is 0. The van der Waals surface area contributed by atoms with E-state index in [1.165, 1.54) is 30.3 Å². The zero-order valence-corrected chi connectivity index (χ0v) is 12.3. The molecule has 2 aromatic carbocycles. The van der Waals surface area contributed by atoms with Gasteiger partial charge in [0.05, 0.1) is 16.5 Å². The van der Waals surface area contributed by atoms with Crippen LogP contribution in [0.2, 0.25) is 5.02 Å². The molecule has 0 spiro atoms. The van der Waals surface area contributed by atoms with Crippen LogP contribution in [-0.2, 0) is 6.61 Å². The molecule has 0 N–H and O–H groups in total. The molecule has 21 heavy (non-hydrogen) atoms. The molecular weight excluding hydrogens is 317 g/mol. The molecule has 0 heterocycles. The summed E-state index contributed by atoms with van der Waals surface area (Å²) in [6.07, 6.45) is 0. The molecule has 0 atom stereocenters. The second kappa shape index (κ2) is 7.31. The van der Waals surface area contributed by atoms with Gasteiger partial charge in [0.2, 0.25) is 0 Å². The summed E-state index contributed by atoms with van der Waals surface area (Å²) in [5.74, 6) is 5.01. The number of alkyl halides is 1. The zero-order valence-electron chi connectivity index (χ0n) is 10.8. The standard InChI is InChI=1S/C16H10Cl2F2O/c17-7-1-2-12-4-5-13(19)9-16(12)21-10-11-3-6-15(20)14(18)8-11/h3-6,8-9H,7,10H2. The van der Waals surface area contributed by atoms with Crippen molar-refractivity contribution in [3.63, 3.8) is 0 Å². The number of hydrogen-bond acceptors (Lipinski definition) is 1. The number of benzene rings is 2. The van der Waals surface area contributed by atoms with E-state index < -0.39 is 11.6 Å². The molecule has 1 nitrogen and oxygen atoms in total. The summed E-state index contributed by atoms with van der Waals surface area (Å²) >= 11 is 11.2. The van der Waals surface area contributed by atoms with E-state index in [1.54, 1.807) is 6.07 Å². The average molecular weight is 327 g/mol. The minimum Gasteiger partial charge on any atom is -0.487 e. The molecule has 0 amide bonds. The molecule has 0 aliphatic carbocycles. The first-order valence-electron chi connectivity index (χ1n) is 6.01. The van der Waals surface area contributed by atoms with Crippen LogP contribution in [0.5, 0.6) is 5.75 Å². The Bertz CT molecular complexity index is 705. The van der Waals surface area contributed by atoms with Crippen LogP contribution in [-0.4, -0.2) is 5.88 Å². The topological polar surface area (TPSA) is 9.23 Å². The highest BCUT2D eigenvalue weighted by Gasteiger charge is 2.06. The molecule has 0 aliphatic heterocycles. The Labute approximate surface area is 131 Å². The third-order valence-corrected chi connectivity index (χ3v) is 3.04. The van der Waals surface area contributed by atoms with Crippen LogP contribution in [0.15, 0.2) is 36.4 Å². The maximum absolute atomic E-state index is 13.3. The lowest BCUT2D eigenvalue weighted by Gasteiger charge is -2.09. The van der Waals surface area contributed by atoms with Crippen LogP contribution in [0.1, 0.15) is 11.1 Å². The van der Waals surface area contributed by atoms with E-state index in [9.17, 15) is 8.78 Å². The molecule has 0 saturated carbocycles. The van der Waals surface area contributed by atoms with E-state index in [-0.39, 0.29) is 17.5 Å². The minimum absolute atomic E-state index is 0.0116. The van der Waals surface area contributed by atoms with Gasteiger partial charge in [-0.3, -0.25) is 0 Å². The van der Waals surface area contributed by atoms with Crippen LogP contribution >= 0.6 is 23.2 Å². The third kappa shape index (κ3) is 4.35. The number of ether oxygens (including phenoxy) is 1. The van der Waals surface area contributed by atoms with E-state index in [1.807, 2.05) is 0 Å². The quantitative estimate of drug-likeness (QED) is 0.582. The fourth-order valence-corrected chi connectivity index (χ4v) is 1.91. The van der Waals surface area contributed by atoms with Gasteiger partial charge in [-0.1, -0.05) is 29.5 Å². The normalized spacial score (nSPS) is 9.90. The molecule has 0 fully saturated rings. The summed E-state index contributed by atoms with van der Waals surface area (Å²) in [6, 6.07) is 8.30. The predicted molar refractivity (Wildman–Crippen MR) is 79.7 cm³/mol. The Balaban J connectivity index is 2.18. The smallest absolute Gasteiger partial charge is 0.141 e. The van der Waals surface area contributed by atoms with Gasteiger partial charge in [0.25, 0.3) is 0 Å². The number of rotatable bonds is 3. The Morgan fingerprint density at radius 3 is 2.62 bits per heavy atom. The molecule has 0 radical (unpaired) electrons. The molecule has 2 rings (SSSR count). The molecule has 108 valence electrons. The van der Waals surface area contributed by atoms with Crippen LogP contribution in [0.4, 0.5) is 8.78 Å². The van der Waals surface area contributed by atoms with Gasteiger partial charge >= 0.3 is 0 Å². The first-order chi connectivity index (χ1) is 10.1. The van der Waals surface area contributed by atoms with Crippen molar-refractivity contribution in [3.8, 4) is 17.6 Å². The number of halogens is 4. The van der Waals surface area contributed by atoms with Crippen LogP contribution in [0.25, 0.3) is 0 Å². The third-order valence-electron chi connectivity index (χ3n) is 2.61. The van der Waals surface area contributed by atoms with Crippen molar-refractivity contribution in [2.24, 2.45) is 0 Å². The van der Waals surface area contributed by atoms with Crippen molar-refractivity contribution in [1.29, 1.82) is 0 Å². The fourth-order valence-electron chi connectivity index (χ4n) is 1.64. The molecule has 0 unspecified atom stereocenters. The maximum atomic E-state index is 13.3. The van der Waals surface area contributed by atoms with E-state index in [2.05, 4.69) is 11.8 Å². The highest BCUT2D eigenvalue weighted by atomic mass is 35.5. The fraction of sp³-hybridized carbons (Fsp3) is 0.125. The first kappa shape index (κ1) is 15.6. The summed E-state index contributed by atoms with van der Waals surface area (Å²) in [4.78, 5) is 0.